The Morgan fingerprint density at radius 3 is 2.52 bits per heavy atom. The van der Waals surface area contributed by atoms with E-state index < -0.39 is 6.10 Å². The number of benzene rings is 2. The van der Waals surface area contributed by atoms with E-state index in [4.69, 9.17) is 4.74 Å². The minimum absolute atomic E-state index is 0.150. The summed E-state index contributed by atoms with van der Waals surface area (Å²) in [5.74, 6) is 0.585. The van der Waals surface area contributed by atoms with Gasteiger partial charge in [0, 0.05) is 9.26 Å². The van der Waals surface area contributed by atoms with Gasteiger partial charge < -0.3 is 10.1 Å². The second-order valence-corrected chi connectivity index (χ2v) is 6.22. The van der Waals surface area contributed by atoms with Crippen LogP contribution in [0.2, 0.25) is 0 Å². The molecule has 0 fully saturated rings. The molecule has 1 atom stereocenters. The maximum absolute atomic E-state index is 12.2. The Bertz CT molecular complexity index is 655. The van der Waals surface area contributed by atoms with Crippen molar-refractivity contribution in [1.82, 2.24) is 0 Å². The molecular weight excluding hydrogens is 377 g/mol. The highest BCUT2D eigenvalue weighted by atomic mass is 127. The molecule has 0 heterocycles. The van der Waals surface area contributed by atoms with Gasteiger partial charge in [-0.3, -0.25) is 4.79 Å². The van der Waals surface area contributed by atoms with Crippen LogP contribution >= 0.6 is 22.6 Å². The van der Waals surface area contributed by atoms with Crippen molar-refractivity contribution in [2.45, 2.75) is 26.9 Å². The number of nitrogens with one attached hydrogen (secondary N) is 1. The van der Waals surface area contributed by atoms with E-state index in [-0.39, 0.29) is 5.91 Å². The lowest BCUT2D eigenvalue weighted by atomic mass is 10.2. The van der Waals surface area contributed by atoms with E-state index in [0.717, 1.165) is 26.1 Å². The predicted octanol–water partition coefficient (Wildman–Crippen LogP) is 4.31. The van der Waals surface area contributed by atoms with E-state index in [1.807, 2.05) is 56.3 Å². The molecule has 110 valence electrons. The third kappa shape index (κ3) is 4.20. The Labute approximate surface area is 138 Å². The Hall–Kier alpha value is -1.56. The lowest BCUT2D eigenvalue weighted by Gasteiger charge is -2.17. The van der Waals surface area contributed by atoms with Crippen LogP contribution in [-0.2, 0) is 4.79 Å². The van der Waals surface area contributed by atoms with Crippen LogP contribution in [0.5, 0.6) is 5.75 Å². The van der Waals surface area contributed by atoms with Crippen molar-refractivity contribution in [3.8, 4) is 5.75 Å². The SMILES string of the molecule is Cc1cc(I)ccc1NC(=O)[C@H](C)Oc1ccccc1C. The largest absolute Gasteiger partial charge is 0.481 e. The molecule has 0 aliphatic rings. The monoisotopic (exact) mass is 395 g/mol. The van der Waals surface area contributed by atoms with Gasteiger partial charge in [0.1, 0.15) is 5.75 Å². The van der Waals surface area contributed by atoms with E-state index in [1.54, 1.807) is 6.92 Å². The van der Waals surface area contributed by atoms with Crippen LogP contribution < -0.4 is 10.1 Å². The van der Waals surface area contributed by atoms with Crippen LogP contribution in [0.15, 0.2) is 42.5 Å². The van der Waals surface area contributed by atoms with E-state index in [9.17, 15) is 4.79 Å². The summed E-state index contributed by atoms with van der Waals surface area (Å²) in [5.41, 5.74) is 2.88. The Balaban J connectivity index is 2.04. The molecule has 2 rings (SSSR count). The molecule has 0 radical (unpaired) electrons. The highest BCUT2D eigenvalue weighted by molar-refractivity contribution is 14.1. The molecule has 0 spiro atoms. The first-order chi connectivity index (χ1) is 9.97. The average Bonchev–Trinajstić information content (AvgIpc) is 2.44. The normalized spacial score (nSPS) is 11.8. The standard InChI is InChI=1S/C17H18INO2/c1-11-6-4-5-7-16(11)21-13(3)17(20)19-15-9-8-14(18)10-12(15)2/h4-10,13H,1-3H3,(H,19,20)/t13-/m0/s1. The number of halogens is 1. The van der Waals surface area contributed by atoms with Crippen molar-refractivity contribution in [2.75, 3.05) is 5.32 Å². The Kier molecular flexibility index (Phi) is 5.22. The summed E-state index contributed by atoms with van der Waals surface area (Å²) < 4.78 is 6.87. The molecule has 0 aliphatic carbocycles. The second-order valence-electron chi connectivity index (χ2n) is 4.97. The highest BCUT2D eigenvalue weighted by Crippen LogP contribution is 2.20. The molecule has 0 unspecified atom stereocenters. The molecule has 3 nitrogen and oxygen atoms in total. The summed E-state index contributed by atoms with van der Waals surface area (Å²) in [6.45, 7) is 5.69. The van der Waals surface area contributed by atoms with Crippen molar-refractivity contribution in [2.24, 2.45) is 0 Å². The van der Waals surface area contributed by atoms with Gasteiger partial charge in [-0.2, -0.15) is 0 Å². The quantitative estimate of drug-likeness (QED) is 0.784. The zero-order valence-electron chi connectivity index (χ0n) is 12.3. The van der Waals surface area contributed by atoms with E-state index in [1.165, 1.54) is 0 Å². The number of rotatable bonds is 4. The molecule has 2 aromatic rings. The molecule has 2 aromatic carbocycles. The first-order valence-electron chi connectivity index (χ1n) is 6.76. The van der Waals surface area contributed by atoms with Crippen molar-refractivity contribution in [1.29, 1.82) is 0 Å². The van der Waals surface area contributed by atoms with Gasteiger partial charge >= 0.3 is 0 Å². The summed E-state index contributed by atoms with van der Waals surface area (Å²) in [4.78, 5) is 12.2. The molecule has 21 heavy (non-hydrogen) atoms. The van der Waals surface area contributed by atoms with Crippen LogP contribution in [0.1, 0.15) is 18.1 Å². The molecule has 4 heteroatoms. The number of para-hydroxylation sites is 1. The summed E-state index contributed by atoms with van der Waals surface area (Å²) in [6.07, 6.45) is -0.551. The van der Waals surface area contributed by atoms with Gasteiger partial charge in [0.15, 0.2) is 6.10 Å². The number of anilines is 1. The summed E-state index contributed by atoms with van der Waals surface area (Å²) in [5, 5.41) is 2.91. The molecule has 1 amide bonds. The molecule has 0 aliphatic heterocycles. The zero-order chi connectivity index (χ0) is 15.4. The van der Waals surface area contributed by atoms with Crippen molar-refractivity contribution in [3.05, 3.63) is 57.2 Å². The van der Waals surface area contributed by atoms with E-state index in [2.05, 4.69) is 27.9 Å². The number of aryl methyl sites for hydroxylation is 2. The van der Waals surface area contributed by atoms with Gasteiger partial charge in [0.25, 0.3) is 5.91 Å². The van der Waals surface area contributed by atoms with Gasteiger partial charge in [-0.15, -0.1) is 0 Å². The van der Waals surface area contributed by atoms with Crippen molar-refractivity contribution >= 4 is 34.2 Å². The average molecular weight is 395 g/mol. The number of hydrogen-bond donors (Lipinski definition) is 1. The lowest BCUT2D eigenvalue weighted by Crippen LogP contribution is -2.30. The van der Waals surface area contributed by atoms with Gasteiger partial charge in [-0.05, 0) is 78.8 Å². The van der Waals surface area contributed by atoms with Crippen LogP contribution in [0, 0.1) is 17.4 Å². The Morgan fingerprint density at radius 1 is 1.14 bits per heavy atom. The number of carbonyl (C=O) groups is 1. The number of amides is 1. The van der Waals surface area contributed by atoms with Gasteiger partial charge in [-0.1, -0.05) is 18.2 Å². The van der Waals surface area contributed by atoms with Crippen molar-refractivity contribution in [3.63, 3.8) is 0 Å². The fourth-order valence-corrected chi connectivity index (χ4v) is 2.58. The third-order valence-corrected chi connectivity index (χ3v) is 3.88. The van der Waals surface area contributed by atoms with Gasteiger partial charge in [0.05, 0.1) is 0 Å². The molecule has 0 saturated heterocycles. The maximum Gasteiger partial charge on any atom is 0.265 e. The molecule has 0 bridgehead atoms. The topological polar surface area (TPSA) is 38.3 Å². The number of carbonyl (C=O) groups excluding carboxylic acids is 1. The van der Waals surface area contributed by atoms with Gasteiger partial charge in [0.2, 0.25) is 0 Å². The van der Waals surface area contributed by atoms with Crippen LogP contribution in [-0.4, -0.2) is 12.0 Å². The summed E-state index contributed by atoms with van der Waals surface area (Å²) >= 11 is 2.25. The van der Waals surface area contributed by atoms with E-state index in [0.29, 0.717) is 0 Å². The minimum Gasteiger partial charge on any atom is -0.481 e. The highest BCUT2D eigenvalue weighted by Gasteiger charge is 2.16. The van der Waals surface area contributed by atoms with Crippen LogP contribution in [0.4, 0.5) is 5.69 Å². The number of ether oxygens (including phenoxy) is 1. The lowest BCUT2D eigenvalue weighted by molar-refractivity contribution is -0.122. The molecule has 0 aromatic heterocycles. The van der Waals surface area contributed by atoms with Crippen LogP contribution in [0.3, 0.4) is 0 Å². The minimum atomic E-state index is -0.551. The van der Waals surface area contributed by atoms with Crippen molar-refractivity contribution < 1.29 is 9.53 Å². The second kappa shape index (κ2) is 6.93. The summed E-state index contributed by atoms with van der Waals surface area (Å²) in [6, 6.07) is 13.6. The zero-order valence-corrected chi connectivity index (χ0v) is 14.5. The molecular formula is C17H18INO2. The fourth-order valence-electron chi connectivity index (χ4n) is 1.93. The fraction of sp³-hybridized carbons (Fsp3) is 0.235. The first kappa shape index (κ1) is 15.8. The molecule has 0 saturated carbocycles. The third-order valence-electron chi connectivity index (χ3n) is 3.21. The maximum atomic E-state index is 12.2. The van der Waals surface area contributed by atoms with E-state index >= 15 is 0 Å². The first-order valence-corrected chi connectivity index (χ1v) is 7.84. The smallest absolute Gasteiger partial charge is 0.265 e. The predicted molar refractivity (Wildman–Crippen MR) is 93.8 cm³/mol. The van der Waals surface area contributed by atoms with Crippen LogP contribution in [0.25, 0.3) is 0 Å². The number of hydrogen-bond acceptors (Lipinski definition) is 2. The van der Waals surface area contributed by atoms with Gasteiger partial charge in [-0.25, -0.2) is 0 Å². The summed E-state index contributed by atoms with van der Waals surface area (Å²) in [7, 11) is 0. The molecule has 1 N–H and O–H groups in total. The Morgan fingerprint density at radius 2 is 1.86 bits per heavy atom.